The summed E-state index contributed by atoms with van der Waals surface area (Å²) in [5, 5.41) is 2.85. The van der Waals surface area contributed by atoms with E-state index < -0.39 is 0 Å². The van der Waals surface area contributed by atoms with Crippen LogP contribution < -0.4 is 5.32 Å². The Bertz CT molecular complexity index is 414. The van der Waals surface area contributed by atoms with Crippen molar-refractivity contribution in [2.24, 2.45) is 0 Å². The van der Waals surface area contributed by atoms with E-state index in [1.165, 1.54) is 5.56 Å². The number of carbonyl (C=O) groups excluding carboxylic acids is 1. The van der Waals surface area contributed by atoms with Crippen molar-refractivity contribution in [1.82, 2.24) is 4.90 Å². The van der Waals surface area contributed by atoms with Gasteiger partial charge < -0.3 is 10.1 Å². The number of hydrogen-bond donors (Lipinski definition) is 1. The Balaban J connectivity index is 1.88. The Morgan fingerprint density at radius 3 is 2.58 bits per heavy atom. The lowest BCUT2D eigenvalue weighted by Gasteiger charge is -2.26. The molecule has 1 fully saturated rings. The van der Waals surface area contributed by atoms with Crippen molar-refractivity contribution in [2.45, 2.75) is 18.3 Å². The smallest absolute Gasteiger partial charge is 0.237 e. The molecule has 104 valence electrons. The average molecular weight is 327 g/mol. The van der Waals surface area contributed by atoms with E-state index in [9.17, 15) is 4.79 Å². The van der Waals surface area contributed by atoms with Gasteiger partial charge in [-0.15, -0.1) is 0 Å². The molecule has 1 amide bonds. The van der Waals surface area contributed by atoms with Crippen molar-refractivity contribution >= 4 is 27.5 Å². The van der Waals surface area contributed by atoms with Crippen LogP contribution >= 0.6 is 15.9 Å². The molecule has 1 atom stereocenters. The number of benzene rings is 1. The normalized spacial score (nSPS) is 18.0. The summed E-state index contributed by atoms with van der Waals surface area (Å²) in [4.78, 5) is 13.7. The molecule has 4 nitrogen and oxygen atoms in total. The lowest BCUT2D eigenvalue weighted by molar-refractivity contribution is -0.115. The molecule has 1 saturated heterocycles. The Morgan fingerprint density at radius 1 is 1.37 bits per heavy atom. The lowest BCUT2D eigenvalue weighted by atomic mass is 10.2. The number of anilines is 1. The van der Waals surface area contributed by atoms with Crippen LogP contribution in [0.1, 0.15) is 12.5 Å². The van der Waals surface area contributed by atoms with E-state index in [4.69, 9.17) is 4.74 Å². The highest BCUT2D eigenvalue weighted by atomic mass is 79.9. The largest absolute Gasteiger partial charge is 0.379 e. The molecule has 1 unspecified atom stereocenters. The third-order valence-corrected chi connectivity index (χ3v) is 3.51. The maximum absolute atomic E-state index is 11.5. The van der Waals surface area contributed by atoms with Crippen LogP contribution in [0.25, 0.3) is 0 Å². The second-order valence-corrected chi connectivity index (χ2v) is 6.06. The van der Waals surface area contributed by atoms with Gasteiger partial charge in [-0.3, -0.25) is 9.69 Å². The van der Waals surface area contributed by atoms with Gasteiger partial charge in [0, 0.05) is 25.3 Å². The van der Waals surface area contributed by atoms with Crippen molar-refractivity contribution in [3.05, 3.63) is 29.8 Å². The molecule has 0 aliphatic carbocycles. The molecule has 0 bridgehead atoms. The first-order valence-electron chi connectivity index (χ1n) is 6.49. The summed E-state index contributed by atoms with van der Waals surface area (Å²) in [6, 6.07) is 8.01. The molecule has 0 aromatic heterocycles. The van der Waals surface area contributed by atoms with Crippen molar-refractivity contribution < 1.29 is 9.53 Å². The van der Waals surface area contributed by atoms with Gasteiger partial charge in [-0.25, -0.2) is 0 Å². The standard InChI is InChI=1S/C14H19BrN2O2/c1-11(15)14(18)16-13-4-2-12(3-5-13)10-17-6-8-19-9-7-17/h2-5,11H,6-10H2,1H3,(H,16,18). The van der Waals surface area contributed by atoms with E-state index in [-0.39, 0.29) is 10.7 Å². The molecule has 1 heterocycles. The van der Waals surface area contributed by atoms with Crippen LogP contribution in [0.3, 0.4) is 0 Å². The number of alkyl halides is 1. The molecule has 19 heavy (non-hydrogen) atoms. The predicted octanol–water partition coefficient (Wildman–Crippen LogP) is 2.24. The fourth-order valence-electron chi connectivity index (χ4n) is 1.95. The second kappa shape index (κ2) is 7.03. The Labute approximate surface area is 122 Å². The van der Waals surface area contributed by atoms with Gasteiger partial charge in [0.05, 0.1) is 18.0 Å². The SMILES string of the molecule is CC(Br)C(=O)Nc1ccc(CN2CCOCC2)cc1. The zero-order valence-corrected chi connectivity index (χ0v) is 12.6. The van der Waals surface area contributed by atoms with Crippen molar-refractivity contribution in [3.8, 4) is 0 Å². The number of rotatable bonds is 4. The van der Waals surface area contributed by atoms with Crippen LogP contribution in [0.15, 0.2) is 24.3 Å². The Kier molecular flexibility index (Phi) is 5.36. The molecule has 0 spiro atoms. The molecule has 5 heteroatoms. The minimum Gasteiger partial charge on any atom is -0.379 e. The number of halogens is 1. The topological polar surface area (TPSA) is 41.6 Å². The molecule has 1 aromatic carbocycles. The Hall–Kier alpha value is -0.910. The second-order valence-electron chi connectivity index (χ2n) is 4.69. The minimum atomic E-state index is -0.180. The zero-order valence-electron chi connectivity index (χ0n) is 11.1. The molecule has 0 saturated carbocycles. The fourth-order valence-corrected chi connectivity index (χ4v) is 2.07. The van der Waals surface area contributed by atoms with Gasteiger partial charge in [0.15, 0.2) is 0 Å². The molecule has 1 N–H and O–H groups in total. The highest BCUT2D eigenvalue weighted by molar-refractivity contribution is 9.10. The molecule has 1 aromatic rings. The summed E-state index contributed by atoms with van der Waals surface area (Å²) in [7, 11) is 0. The summed E-state index contributed by atoms with van der Waals surface area (Å²) < 4.78 is 5.33. The number of hydrogen-bond acceptors (Lipinski definition) is 3. The first-order chi connectivity index (χ1) is 9.15. The van der Waals surface area contributed by atoms with Gasteiger partial charge in [-0.1, -0.05) is 28.1 Å². The maximum Gasteiger partial charge on any atom is 0.237 e. The van der Waals surface area contributed by atoms with Gasteiger partial charge in [0.25, 0.3) is 0 Å². The highest BCUT2D eigenvalue weighted by Gasteiger charge is 2.11. The number of nitrogens with one attached hydrogen (secondary N) is 1. The number of amides is 1. The molecular weight excluding hydrogens is 308 g/mol. The van der Waals surface area contributed by atoms with Crippen LogP contribution in [0, 0.1) is 0 Å². The number of nitrogens with zero attached hydrogens (tertiary/aromatic N) is 1. The monoisotopic (exact) mass is 326 g/mol. The van der Waals surface area contributed by atoms with Gasteiger partial charge in [0.2, 0.25) is 5.91 Å². The number of morpholine rings is 1. The van der Waals surface area contributed by atoms with Crippen molar-refractivity contribution in [3.63, 3.8) is 0 Å². The van der Waals surface area contributed by atoms with Gasteiger partial charge in [-0.2, -0.15) is 0 Å². The lowest BCUT2D eigenvalue weighted by Crippen LogP contribution is -2.35. The molecule has 1 aliphatic rings. The summed E-state index contributed by atoms with van der Waals surface area (Å²) in [5.41, 5.74) is 2.09. The van der Waals surface area contributed by atoms with Gasteiger partial charge >= 0.3 is 0 Å². The van der Waals surface area contributed by atoms with Gasteiger partial charge in [0.1, 0.15) is 0 Å². The summed E-state index contributed by atoms with van der Waals surface area (Å²) in [6.45, 7) is 6.35. The van der Waals surface area contributed by atoms with Crippen molar-refractivity contribution in [1.29, 1.82) is 0 Å². The van der Waals surface area contributed by atoms with E-state index in [1.54, 1.807) is 0 Å². The van der Waals surface area contributed by atoms with Crippen LogP contribution in [0.5, 0.6) is 0 Å². The van der Waals surface area contributed by atoms with Crippen LogP contribution in [0.4, 0.5) is 5.69 Å². The number of carbonyl (C=O) groups is 1. The Morgan fingerprint density at radius 2 is 2.00 bits per heavy atom. The van der Waals surface area contributed by atoms with E-state index in [0.29, 0.717) is 0 Å². The third kappa shape index (κ3) is 4.60. The van der Waals surface area contributed by atoms with Crippen molar-refractivity contribution in [2.75, 3.05) is 31.6 Å². The zero-order chi connectivity index (χ0) is 13.7. The van der Waals surface area contributed by atoms with Crippen LogP contribution in [-0.2, 0) is 16.1 Å². The molecule has 2 rings (SSSR count). The first kappa shape index (κ1) is 14.5. The van der Waals surface area contributed by atoms with E-state index in [1.807, 2.05) is 19.1 Å². The summed E-state index contributed by atoms with van der Waals surface area (Å²) in [6.07, 6.45) is 0. The maximum atomic E-state index is 11.5. The fraction of sp³-hybridized carbons (Fsp3) is 0.500. The van der Waals surface area contributed by atoms with Crippen LogP contribution in [-0.4, -0.2) is 41.9 Å². The summed E-state index contributed by atoms with van der Waals surface area (Å²) in [5.74, 6) is -0.0269. The highest BCUT2D eigenvalue weighted by Crippen LogP contribution is 2.13. The van der Waals surface area contributed by atoms with Gasteiger partial charge in [-0.05, 0) is 24.6 Å². The van der Waals surface area contributed by atoms with E-state index >= 15 is 0 Å². The average Bonchev–Trinajstić information content (AvgIpc) is 2.42. The predicted molar refractivity (Wildman–Crippen MR) is 79.6 cm³/mol. The number of ether oxygens (including phenoxy) is 1. The molecular formula is C14H19BrN2O2. The minimum absolute atomic E-state index is 0.0269. The summed E-state index contributed by atoms with van der Waals surface area (Å²) >= 11 is 3.25. The quantitative estimate of drug-likeness (QED) is 0.863. The third-order valence-electron chi connectivity index (χ3n) is 3.09. The van der Waals surface area contributed by atoms with E-state index in [2.05, 4.69) is 38.3 Å². The molecule has 0 radical (unpaired) electrons. The van der Waals surface area contributed by atoms with Crippen LogP contribution in [0.2, 0.25) is 0 Å². The molecule has 1 aliphatic heterocycles. The first-order valence-corrected chi connectivity index (χ1v) is 7.40. The van der Waals surface area contributed by atoms with E-state index in [0.717, 1.165) is 38.5 Å².